The minimum atomic E-state index is -0.527. The summed E-state index contributed by atoms with van der Waals surface area (Å²) >= 11 is 0.932. The molecule has 0 N–H and O–H groups in total. The van der Waals surface area contributed by atoms with Gasteiger partial charge >= 0.3 is 5.03 Å². The Hall–Kier alpha value is -1.10. The molecule has 64 valence electrons. The van der Waals surface area contributed by atoms with Gasteiger partial charge < -0.3 is 10.1 Å². The molecule has 0 aromatic heterocycles. The predicted molar refractivity (Wildman–Crippen MR) is 45.3 cm³/mol. The quantitative estimate of drug-likeness (QED) is 0.365. The average Bonchev–Trinajstić information content (AvgIpc) is 2.46. The van der Waals surface area contributed by atoms with Crippen molar-refractivity contribution >= 4 is 17.6 Å². The zero-order valence-electron chi connectivity index (χ0n) is 6.18. The molecule has 5 nitrogen and oxygen atoms in total. The van der Waals surface area contributed by atoms with Crippen molar-refractivity contribution in [2.75, 3.05) is 7.11 Å². The molecule has 0 fully saturated rings. The van der Waals surface area contributed by atoms with Crippen molar-refractivity contribution in [1.29, 1.82) is 0 Å². The van der Waals surface area contributed by atoms with Crippen LogP contribution < -0.4 is 0 Å². The predicted octanol–water partition coefficient (Wildman–Crippen LogP) is 0.989. The molecule has 12 heavy (non-hydrogen) atoms. The Balaban J connectivity index is 2.89. The molecule has 0 bridgehead atoms. The molecular weight excluding hydrogens is 180 g/mol. The van der Waals surface area contributed by atoms with E-state index in [1.54, 1.807) is 0 Å². The second-order valence-corrected chi connectivity index (χ2v) is 3.07. The molecule has 0 aromatic rings. The smallest absolute Gasteiger partial charge is 0.306 e. The van der Waals surface area contributed by atoms with Gasteiger partial charge in [0.1, 0.15) is 5.44 Å². The molecule has 6 heteroatoms. The van der Waals surface area contributed by atoms with Gasteiger partial charge in [-0.1, -0.05) is 0 Å². The van der Waals surface area contributed by atoms with E-state index >= 15 is 0 Å². The number of hydrogen-bond acceptors (Lipinski definition) is 4. The van der Waals surface area contributed by atoms with Crippen molar-refractivity contribution in [2.45, 2.75) is 5.44 Å². The van der Waals surface area contributed by atoms with E-state index in [0.717, 1.165) is 11.8 Å². The molecule has 1 rings (SSSR count). The third-order valence-electron chi connectivity index (χ3n) is 1.28. The molecule has 0 unspecified atom stereocenters. The Labute approximate surface area is 72.8 Å². The van der Waals surface area contributed by atoms with Gasteiger partial charge in [-0.2, -0.15) is 0 Å². The number of thioether (sulfide) groups is 1. The molecular formula is C6H5N2O3S-. The van der Waals surface area contributed by atoms with E-state index in [-0.39, 0.29) is 10.6 Å². The third-order valence-corrected chi connectivity index (χ3v) is 2.45. The summed E-state index contributed by atoms with van der Waals surface area (Å²) in [5.41, 5.74) is -0.232. The molecule has 1 atom stereocenters. The third kappa shape index (κ3) is 1.55. The summed E-state index contributed by atoms with van der Waals surface area (Å²) in [6, 6.07) is 0. The molecule has 1 aliphatic rings. The Morgan fingerprint density at radius 3 is 2.92 bits per heavy atom. The van der Waals surface area contributed by atoms with Gasteiger partial charge in [0.2, 0.25) is 0 Å². The maximum absolute atomic E-state index is 10.3. The summed E-state index contributed by atoms with van der Waals surface area (Å²) in [6.45, 7) is 0. The van der Waals surface area contributed by atoms with Gasteiger partial charge in [0.05, 0.1) is 4.92 Å². The lowest BCUT2D eigenvalue weighted by Crippen LogP contribution is -2.03. The van der Waals surface area contributed by atoms with Crippen LogP contribution >= 0.6 is 11.8 Å². The van der Waals surface area contributed by atoms with Gasteiger partial charge in [-0.05, 0) is 11.8 Å². The lowest BCUT2D eigenvalue weighted by Gasteiger charge is -2.05. The van der Waals surface area contributed by atoms with E-state index in [1.807, 2.05) is 5.87 Å². The topological polar surface area (TPSA) is 74.7 Å². The van der Waals surface area contributed by atoms with E-state index in [0.29, 0.717) is 0 Å². The summed E-state index contributed by atoms with van der Waals surface area (Å²) in [5, 5.41) is 18.7. The normalized spacial score (nSPS) is 21.9. The van der Waals surface area contributed by atoms with E-state index in [9.17, 15) is 10.1 Å². The highest BCUT2D eigenvalue weighted by Gasteiger charge is 2.29. The first kappa shape index (κ1) is 8.99. The second-order valence-electron chi connectivity index (χ2n) is 1.99. The SMILES string of the molecule is CO[C@@H]1SC([N+](=O)[O-])=CC1=C=[N-]. The fourth-order valence-electron chi connectivity index (χ4n) is 0.764. The van der Waals surface area contributed by atoms with Gasteiger partial charge in [-0.15, -0.1) is 0 Å². The highest BCUT2D eigenvalue weighted by molar-refractivity contribution is 8.03. The first-order chi connectivity index (χ1) is 5.69. The molecule has 0 aliphatic carbocycles. The molecule has 0 amide bonds. The Morgan fingerprint density at radius 2 is 2.58 bits per heavy atom. The summed E-state index contributed by atoms with van der Waals surface area (Å²) in [4.78, 5) is 9.74. The van der Waals surface area contributed by atoms with Crippen LogP contribution in [0, 0.1) is 10.1 Å². The van der Waals surface area contributed by atoms with Crippen LogP contribution in [0.5, 0.6) is 0 Å². The molecule has 1 aliphatic heterocycles. The van der Waals surface area contributed by atoms with Crippen molar-refractivity contribution < 1.29 is 9.66 Å². The zero-order valence-corrected chi connectivity index (χ0v) is 7.00. The van der Waals surface area contributed by atoms with Gasteiger partial charge in [0.25, 0.3) is 0 Å². The Morgan fingerprint density at radius 1 is 1.92 bits per heavy atom. The number of nitro groups is 1. The molecule has 0 radical (unpaired) electrons. The Kier molecular flexibility index (Phi) is 2.65. The molecule has 0 saturated carbocycles. The summed E-state index contributed by atoms with van der Waals surface area (Å²) in [5.74, 6) is 1.84. The van der Waals surface area contributed by atoms with Crippen molar-refractivity contribution in [3.05, 3.63) is 32.2 Å². The Bertz CT molecular complexity index is 293. The first-order valence-corrected chi connectivity index (χ1v) is 3.89. The van der Waals surface area contributed by atoms with Crippen LogP contribution in [0.4, 0.5) is 0 Å². The average molecular weight is 185 g/mol. The highest BCUT2D eigenvalue weighted by atomic mass is 32.2. The molecule has 1 heterocycles. The van der Waals surface area contributed by atoms with Crippen LogP contribution in [0.1, 0.15) is 0 Å². The van der Waals surface area contributed by atoms with Crippen LogP contribution in [0.2, 0.25) is 0 Å². The molecule has 0 spiro atoms. The maximum atomic E-state index is 10.3. The van der Waals surface area contributed by atoms with Crippen molar-refractivity contribution in [3.8, 4) is 0 Å². The van der Waals surface area contributed by atoms with E-state index in [4.69, 9.17) is 10.1 Å². The zero-order chi connectivity index (χ0) is 9.14. The minimum absolute atomic E-state index is 0.0431. The lowest BCUT2D eigenvalue weighted by atomic mass is 10.3. The summed E-state index contributed by atoms with van der Waals surface area (Å²) < 4.78 is 4.84. The highest BCUT2D eigenvalue weighted by Crippen LogP contribution is 2.35. The van der Waals surface area contributed by atoms with Gasteiger partial charge in [-0.25, -0.2) is 0 Å². The van der Waals surface area contributed by atoms with Gasteiger partial charge in [0.15, 0.2) is 0 Å². The van der Waals surface area contributed by atoms with Crippen LogP contribution in [-0.4, -0.2) is 23.3 Å². The van der Waals surface area contributed by atoms with Crippen LogP contribution in [0.25, 0.3) is 5.41 Å². The molecule has 0 saturated heterocycles. The van der Waals surface area contributed by atoms with Crippen LogP contribution in [0.3, 0.4) is 0 Å². The monoisotopic (exact) mass is 185 g/mol. The van der Waals surface area contributed by atoms with Gasteiger partial charge in [0, 0.05) is 18.8 Å². The number of methoxy groups -OCH3 is 1. The maximum Gasteiger partial charge on any atom is 0.306 e. The summed E-state index contributed by atoms with van der Waals surface area (Å²) in [7, 11) is 1.41. The fourth-order valence-corrected chi connectivity index (χ4v) is 1.61. The lowest BCUT2D eigenvalue weighted by molar-refractivity contribution is -0.410. The summed E-state index contributed by atoms with van der Waals surface area (Å²) in [6.07, 6.45) is 1.23. The number of rotatable bonds is 2. The van der Waals surface area contributed by atoms with Crippen LogP contribution in [-0.2, 0) is 4.74 Å². The number of hydrogen-bond donors (Lipinski definition) is 0. The van der Waals surface area contributed by atoms with Crippen molar-refractivity contribution in [2.24, 2.45) is 0 Å². The van der Waals surface area contributed by atoms with Crippen molar-refractivity contribution in [3.63, 3.8) is 0 Å². The second kappa shape index (κ2) is 3.53. The minimum Gasteiger partial charge on any atom is -0.763 e. The van der Waals surface area contributed by atoms with Gasteiger partial charge in [-0.3, -0.25) is 16.0 Å². The molecule has 0 aromatic carbocycles. The van der Waals surface area contributed by atoms with E-state index < -0.39 is 10.4 Å². The van der Waals surface area contributed by atoms with Crippen molar-refractivity contribution in [1.82, 2.24) is 0 Å². The standard InChI is InChI=1S/C6H5N2O3S/c1-11-6-4(3-7)2-5(12-6)8(9)10/h2,6H,1H3/q-1/t6-/m1/s1. The number of ether oxygens (including phenoxy) is 1. The first-order valence-electron chi connectivity index (χ1n) is 3.01. The largest absolute Gasteiger partial charge is 0.763 e. The van der Waals surface area contributed by atoms with E-state index in [1.165, 1.54) is 13.2 Å². The number of nitrogens with zero attached hydrogens (tertiary/aromatic N) is 2. The van der Waals surface area contributed by atoms with Crippen LogP contribution in [0.15, 0.2) is 16.7 Å². The fraction of sp³-hybridized carbons (Fsp3) is 0.333. The van der Waals surface area contributed by atoms with E-state index in [2.05, 4.69) is 0 Å².